The summed E-state index contributed by atoms with van der Waals surface area (Å²) in [6, 6.07) is 9.16. The van der Waals surface area contributed by atoms with E-state index in [1.54, 1.807) is 14.2 Å². The summed E-state index contributed by atoms with van der Waals surface area (Å²) < 4.78 is 23.7. The molecule has 2 aromatic rings. The van der Waals surface area contributed by atoms with E-state index < -0.39 is 0 Å². The van der Waals surface area contributed by atoms with E-state index in [9.17, 15) is 0 Å². The second kappa shape index (κ2) is 6.31. The summed E-state index contributed by atoms with van der Waals surface area (Å²) in [6.07, 6.45) is 2.13. The zero-order valence-electron chi connectivity index (χ0n) is 17.1. The van der Waals surface area contributed by atoms with E-state index in [2.05, 4.69) is 38.2 Å². The number of methoxy groups -OCH3 is 2. The van der Waals surface area contributed by atoms with Gasteiger partial charge in [0.25, 0.3) is 0 Å². The Morgan fingerprint density at radius 2 is 1.86 bits per heavy atom. The fraction of sp³-hybridized carbons (Fsp3) is 0.478. The van der Waals surface area contributed by atoms with E-state index in [1.165, 1.54) is 22.3 Å². The van der Waals surface area contributed by atoms with Gasteiger partial charge in [-0.25, -0.2) is 0 Å². The zero-order valence-corrected chi connectivity index (χ0v) is 17.1. The Bertz CT molecular complexity index is 941. The lowest BCUT2D eigenvalue weighted by Crippen LogP contribution is -2.54. The molecule has 0 bridgehead atoms. The fourth-order valence-electron chi connectivity index (χ4n) is 5.66. The highest BCUT2D eigenvalue weighted by atomic mass is 16.7. The summed E-state index contributed by atoms with van der Waals surface area (Å²) in [4.78, 5) is 0. The van der Waals surface area contributed by atoms with Crippen molar-refractivity contribution in [2.75, 3.05) is 34.6 Å². The first-order valence-corrected chi connectivity index (χ1v) is 10.1. The molecular formula is C23H28NO4+. The van der Waals surface area contributed by atoms with Gasteiger partial charge in [-0.05, 0) is 35.7 Å². The van der Waals surface area contributed by atoms with Gasteiger partial charge in [0, 0.05) is 17.9 Å². The molecule has 28 heavy (non-hydrogen) atoms. The molecule has 0 fully saturated rings. The van der Waals surface area contributed by atoms with Crippen LogP contribution in [0.1, 0.15) is 47.6 Å². The Hall–Kier alpha value is -2.40. The number of rotatable bonds is 3. The van der Waals surface area contributed by atoms with E-state index in [0.29, 0.717) is 18.8 Å². The molecule has 0 saturated heterocycles. The SMILES string of the molecule is CCC1c2ccc(OC)c(OC)c2C[N+]2(C)CCc3cc4c(cc3C12)OCO4. The van der Waals surface area contributed by atoms with Crippen molar-refractivity contribution >= 4 is 0 Å². The van der Waals surface area contributed by atoms with Gasteiger partial charge >= 0.3 is 0 Å². The first-order chi connectivity index (χ1) is 13.6. The van der Waals surface area contributed by atoms with Gasteiger partial charge in [-0.15, -0.1) is 0 Å². The topological polar surface area (TPSA) is 36.9 Å². The molecule has 5 nitrogen and oxygen atoms in total. The predicted octanol–water partition coefficient (Wildman–Crippen LogP) is 4.18. The summed E-state index contributed by atoms with van der Waals surface area (Å²) >= 11 is 0. The first kappa shape index (κ1) is 17.7. The van der Waals surface area contributed by atoms with Crippen molar-refractivity contribution in [1.82, 2.24) is 0 Å². The van der Waals surface area contributed by atoms with Gasteiger partial charge in [0.15, 0.2) is 23.0 Å². The number of nitrogens with zero attached hydrogens (tertiary/aromatic N) is 1. The van der Waals surface area contributed by atoms with Crippen LogP contribution in [0.4, 0.5) is 0 Å². The third kappa shape index (κ3) is 2.35. The molecule has 2 aromatic carbocycles. The number of ether oxygens (including phenoxy) is 4. The first-order valence-electron chi connectivity index (χ1n) is 10.1. The van der Waals surface area contributed by atoms with Gasteiger partial charge in [-0.2, -0.15) is 0 Å². The summed E-state index contributed by atoms with van der Waals surface area (Å²) in [5.41, 5.74) is 5.53. The molecule has 5 rings (SSSR count). The van der Waals surface area contributed by atoms with Crippen LogP contribution in [-0.4, -0.2) is 39.1 Å². The van der Waals surface area contributed by atoms with Crippen molar-refractivity contribution in [1.29, 1.82) is 0 Å². The molecule has 3 atom stereocenters. The van der Waals surface area contributed by atoms with E-state index >= 15 is 0 Å². The van der Waals surface area contributed by atoms with E-state index in [-0.39, 0.29) is 0 Å². The van der Waals surface area contributed by atoms with E-state index in [4.69, 9.17) is 18.9 Å². The third-order valence-corrected chi connectivity index (χ3v) is 6.94. The minimum Gasteiger partial charge on any atom is -0.493 e. The van der Waals surface area contributed by atoms with Crippen molar-refractivity contribution in [3.8, 4) is 23.0 Å². The number of benzene rings is 2. The van der Waals surface area contributed by atoms with Crippen LogP contribution in [0.5, 0.6) is 23.0 Å². The number of quaternary nitrogens is 1. The molecule has 3 aliphatic heterocycles. The highest BCUT2D eigenvalue weighted by molar-refractivity contribution is 5.55. The molecular weight excluding hydrogens is 354 g/mol. The van der Waals surface area contributed by atoms with Crippen LogP contribution in [0.15, 0.2) is 24.3 Å². The number of fused-ring (bicyclic) bond motifs is 5. The van der Waals surface area contributed by atoms with Crippen LogP contribution >= 0.6 is 0 Å². The van der Waals surface area contributed by atoms with Crippen molar-refractivity contribution < 1.29 is 23.4 Å². The quantitative estimate of drug-likeness (QED) is 0.746. The molecule has 0 N–H and O–H groups in total. The van der Waals surface area contributed by atoms with Gasteiger partial charge in [-0.1, -0.05) is 13.0 Å². The molecule has 0 aliphatic carbocycles. The molecule has 0 spiro atoms. The summed E-state index contributed by atoms with van der Waals surface area (Å²) in [5.74, 6) is 3.92. The van der Waals surface area contributed by atoms with Crippen LogP contribution in [-0.2, 0) is 13.0 Å². The van der Waals surface area contributed by atoms with Gasteiger partial charge in [-0.3, -0.25) is 0 Å². The van der Waals surface area contributed by atoms with Crippen LogP contribution in [0, 0.1) is 0 Å². The number of hydrogen-bond donors (Lipinski definition) is 0. The highest BCUT2D eigenvalue weighted by Crippen LogP contribution is 2.55. The molecule has 3 heterocycles. The van der Waals surface area contributed by atoms with Crippen molar-refractivity contribution in [3.05, 3.63) is 46.5 Å². The van der Waals surface area contributed by atoms with Gasteiger partial charge < -0.3 is 23.4 Å². The van der Waals surface area contributed by atoms with Crippen LogP contribution in [0.25, 0.3) is 0 Å². The normalized spacial score (nSPS) is 26.9. The van der Waals surface area contributed by atoms with Crippen molar-refractivity contribution in [2.45, 2.75) is 38.3 Å². The second-order valence-corrected chi connectivity index (χ2v) is 8.34. The van der Waals surface area contributed by atoms with Crippen LogP contribution in [0.2, 0.25) is 0 Å². The predicted molar refractivity (Wildman–Crippen MR) is 106 cm³/mol. The molecule has 0 aromatic heterocycles. The maximum atomic E-state index is 5.81. The summed E-state index contributed by atoms with van der Waals surface area (Å²) in [6.45, 7) is 4.67. The Labute approximate surface area is 166 Å². The zero-order chi connectivity index (χ0) is 19.5. The second-order valence-electron chi connectivity index (χ2n) is 8.34. The van der Waals surface area contributed by atoms with Gasteiger partial charge in [0.2, 0.25) is 6.79 Å². The molecule has 0 amide bonds. The molecule has 0 radical (unpaired) electrons. The maximum Gasteiger partial charge on any atom is 0.231 e. The van der Waals surface area contributed by atoms with E-state index in [1.807, 2.05) is 0 Å². The lowest BCUT2D eigenvalue weighted by molar-refractivity contribution is -0.958. The summed E-state index contributed by atoms with van der Waals surface area (Å²) in [7, 11) is 5.85. The van der Waals surface area contributed by atoms with Crippen molar-refractivity contribution in [3.63, 3.8) is 0 Å². The minimum atomic E-state index is 0.325. The van der Waals surface area contributed by atoms with Gasteiger partial charge in [0.05, 0.1) is 33.4 Å². The van der Waals surface area contributed by atoms with Gasteiger partial charge in [0.1, 0.15) is 12.6 Å². The average Bonchev–Trinajstić information content (AvgIpc) is 3.16. The number of likely N-dealkylation sites (N-methyl/N-ethyl adjacent to an activating group) is 1. The average molecular weight is 382 g/mol. The lowest BCUT2D eigenvalue weighted by atomic mass is 9.73. The standard InChI is InChI=1S/C23H28NO4/c1-5-15-16-6-7-19(25-3)23(26-4)18(16)12-24(2)9-8-14-10-20-21(28-13-27-20)11-17(14)22(15)24/h6-7,10-11,15,22H,5,8-9,12-13H2,1-4H3/q+1. The fourth-order valence-corrected chi connectivity index (χ4v) is 5.66. The lowest BCUT2D eigenvalue weighted by Gasteiger charge is -2.52. The third-order valence-electron chi connectivity index (χ3n) is 6.94. The Kier molecular flexibility index (Phi) is 3.98. The van der Waals surface area contributed by atoms with Crippen LogP contribution < -0.4 is 18.9 Å². The molecule has 5 heteroatoms. The van der Waals surface area contributed by atoms with Crippen molar-refractivity contribution in [2.24, 2.45) is 0 Å². The highest BCUT2D eigenvalue weighted by Gasteiger charge is 2.49. The largest absolute Gasteiger partial charge is 0.493 e. The Morgan fingerprint density at radius 1 is 1.07 bits per heavy atom. The smallest absolute Gasteiger partial charge is 0.231 e. The number of hydrogen-bond acceptors (Lipinski definition) is 4. The Balaban J connectivity index is 1.69. The minimum absolute atomic E-state index is 0.325. The molecule has 3 unspecified atom stereocenters. The molecule has 0 saturated carbocycles. The molecule has 3 aliphatic rings. The monoisotopic (exact) mass is 382 g/mol. The summed E-state index contributed by atoms with van der Waals surface area (Å²) in [5, 5.41) is 0. The maximum absolute atomic E-state index is 5.81. The van der Waals surface area contributed by atoms with Crippen LogP contribution in [0.3, 0.4) is 0 Å². The van der Waals surface area contributed by atoms with E-state index in [0.717, 1.165) is 53.4 Å². The molecule has 148 valence electrons. The Morgan fingerprint density at radius 3 is 2.57 bits per heavy atom.